The molecule has 1 atom stereocenters. The van der Waals surface area contributed by atoms with Gasteiger partial charge in [0.1, 0.15) is 10.0 Å². The second-order valence-electron chi connectivity index (χ2n) is 4.60. The van der Waals surface area contributed by atoms with Crippen LogP contribution in [-0.2, 0) is 6.54 Å². The molecule has 3 heterocycles. The number of aryl methyl sites for hydroxylation is 1. The molecule has 1 fully saturated rings. The maximum Gasteiger partial charge on any atom is 0.131 e. The summed E-state index contributed by atoms with van der Waals surface area (Å²) >= 11 is 1.69. The fraction of sp³-hybridized carbons (Fsp3) is 0.462. The molecule has 0 spiro atoms. The molecule has 2 aromatic heterocycles. The number of rotatable bonds is 3. The second kappa shape index (κ2) is 5.12. The number of nitrogens with zero attached hydrogens (tertiary/aromatic N) is 4. The van der Waals surface area contributed by atoms with Gasteiger partial charge in [-0.15, -0.1) is 21.5 Å². The van der Waals surface area contributed by atoms with Crippen molar-refractivity contribution in [1.29, 1.82) is 0 Å². The van der Waals surface area contributed by atoms with Crippen LogP contribution in [0.5, 0.6) is 0 Å². The molecule has 0 aromatic carbocycles. The van der Waals surface area contributed by atoms with Crippen molar-refractivity contribution in [2.45, 2.75) is 32.4 Å². The molecule has 0 aliphatic carbocycles. The first-order valence-electron chi connectivity index (χ1n) is 6.27. The lowest BCUT2D eigenvalue weighted by Gasteiger charge is -2.22. The minimum atomic E-state index is 0.440. The van der Waals surface area contributed by atoms with Crippen molar-refractivity contribution in [2.75, 3.05) is 6.54 Å². The highest BCUT2D eigenvalue weighted by Crippen LogP contribution is 2.32. The van der Waals surface area contributed by atoms with Crippen LogP contribution < -0.4 is 0 Å². The van der Waals surface area contributed by atoms with E-state index in [-0.39, 0.29) is 0 Å². The molecule has 1 aliphatic rings. The summed E-state index contributed by atoms with van der Waals surface area (Å²) in [5.41, 5.74) is 1.18. The molecule has 4 nitrogen and oxygen atoms in total. The van der Waals surface area contributed by atoms with Gasteiger partial charge in [0.05, 0.1) is 18.3 Å². The Hall–Kier alpha value is -1.33. The monoisotopic (exact) mass is 260 g/mol. The maximum atomic E-state index is 4.48. The van der Waals surface area contributed by atoms with Crippen LogP contribution >= 0.6 is 11.3 Å². The Bertz CT molecular complexity index is 511. The predicted molar refractivity (Wildman–Crippen MR) is 71.3 cm³/mol. The highest BCUT2D eigenvalue weighted by Gasteiger charge is 2.27. The normalized spacial score (nSPS) is 20.4. The van der Waals surface area contributed by atoms with E-state index in [1.807, 2.05) is 19.2 Å². The molecule has 0 unspecified atom stereocenters. The predicted octanol–water partition coefficient (Wildman–Crippen LogP) is 2.58. The molecule has 0 N–H and O–H groups in total. The van der Waals surface area contributed by atoms with E-state index >= 15 is 0 Å². The van der Waals surface area contributed by atoms with E-state index in [0.717, 1.165) is 23.1 Å². The summed E-state index contributed by atoms with van der Waals surface area (Å²) < 4.78 is 0. The van der Waals surface area contributed by atoms with Gasteiger partial charge in [-0.05, 0) is 38.4 Å². The van der Waals surface area contributed by atoms with Crippen LogP contribution in [0.25, 0.3) is 0 Å². The van der Waals surface area contributed by atoms with Crippen molar-refractivity contribution in [1.82, 2.24) is 20.1 Å². The lowest BCUT2D eigenvalue weighted by Crippen LogP contribution is -2.23. The Kier molecular flexibility index (Phi) is 3.34. The van der Waals surface area contributed by atoms with E-state index in [1.54, 1.807) is 11.3 Å². The summed E-state index contributed by atoms with van der Waals surface area (Å²) in [6.45, 7) is 4.02. The molecule has 5 heteroatoms. The largest absolute Gasteiger partial charge is 0.288 e. The van der Waals surface area contributed by atoms with Crippen LogP contribution in [0.15, 0.2) is 24.4 Å². The molecule has 1 saturated heterocycles. The van der Waals surface area contributed by atoms with E-state index < -0.39 is 0 Å². The summed E-state index contributed by atoms with van der Waals surface area (Å²) in [5.74, 6) is 0. The second-order valence-corrected chi connectivity index (χ2v) is 5.86. The van der Waals surface area contributed by atoms with E-state index in [4.69, 9.17) is 0 Å². The fourth-order valence-corrected chi connectivity index (χ4v) is 3.23. The molecule has 0 radical (unpaired) electrons. The van der Waals surface area contributed by atoms with Crippen molar-refractivity contribution < 1.29 is 0 Å². The number of pyridine rings is 1. The average Bonchev–Trinajstić information content (AvgIpc) is 3.00. The summed E-state index contributed by atoms with van der Waals surface area (Å²) in [7, 11) is 0. The zero-order valence-electron chi connectivity index (χ0n) is 10.4. The van der Waals surface area contributed by atoms with Crippen molar-refractivity contribution in [3.63, 3.8) is 0 Å². The first kappa shape index (κ1) is 11.7. The van der Waals surface area contributed by atoms with Crippen molar-refractivity contribution >= 4 is 11.3 Å². The van der Waals surface area contributed by atoms with Crippen molar-refractivity contribution in [2.24, 2.45) is 0 Å². The highest BCUT2D eigenvalue weighted by molar-refractivity contribution is 7.11. The summed E-state index contributed by atoms with van der Waals surface area (Å²) in [6, 6.07) is 6.59. The summed E-state index contributed by atoms with van der Waals surface area (Å²) in [4.78, 5) is 6.94. The Labute approximate surface area is 111 Å². The van der Waals surface area contributed by atoms with Gasteiger partial charge in [0.25, 0.3) is 0 Å². The standard InChI is InChI=1S/C13H16N4S/c1-10-15-16-13(18-10)9-17-8-4-6-12(17)11-5-2-3-7-14-11/h2-3,5,7,12H,4,6,8-9H2,1H3/t12-/m1/s1. The van der Waals surface area contributed by atoms with Gasteiger partial charge >= 0.3 is 0 Å². The van der Waals surface area contributed by atoms with E-state index in [0.29, 0.717) is 6.04 Å². The topological polar surface area (TPSA) is 41.9 Å². The molecule has 2 aromatic rings. The number of hydrogen-bond donors (Lipinski definition) is 0. The summed E-state index contributed by atoms with van der Waals surface area (Å²) in [5, 5.41) is 10.4. The van der Waals surface area contributed by atoms with E-state index in [2.05, 4.69) is 32.2 Å². The molecule has 0 saturated carbocycles. The van der Waals surface area contributed by atoms with Gasteiger partial charge in [0, 0.05) is 6.20 Å². The molecule has 18 heavy (non-hydrogen) atoms. The zero-order valence-corrected chi connectivity index (χ0v) is 11.2. The van der Waals surface area contributed by atoms with E-state index in [1.165, 1.54) is 18.5 Å². The first-order chi connectivity index (χ1) is 8.83. The molecule has 1 aliphatic heterocycles. The third-order valence-electron chi connectivity index (χ3n) is 3.30. The van der Waals surface area contributed by atoms with Gasteiger partial charge in [-0.1, -0.05) is 6.07 Å². The minimum Gasteiger partial charge on any atom is -0.288 e. The number of aromatic nitrogens is 3. The van der Waals surface area contributed by atoms with Gasteiger partial charge in [0.15, 0.2) is 0 Å². The minimum absolute atomic E-state index is 0.440. The molecular weight excluding hydrogens is 244 g/mol. The van der Waals surface area contributed by atoms with Crippen LogP contribution in [0.2, 0.25) is 0 Å². The zero-order chi connectivity index (χ0) is 12.4. The third kappa shape index (κ3) is 2.42. The van der Waals surface area contributed by atoms with Crippen LogP contribution in [0.1, 0.15) is 34.6 Å². The smallest absolute Gasteiger partial charge is 0.131 e. The molecule has 3 rings (SSSR count). The summed E-state index contributed by atoms with van der Waals surface area (Å²) in [6.07, 6.45) is 4.30. The Morgan fingerprint density at radius 3 is 3.06 bits per heavy atom. The van der Waals surface area contributed by atoms with E-state index in [9.17, 15) is 0 Å². The van der Waals surface area contributed by atoms with Crippen molar-refractivity contribution in [3.05, 3.63) is 40.1 Å². The fourth-order valence-electron chi connectivity index (χ4n) is 2.50. The Morgan fingerprint density at radius 1 is 1.39 bits per heavy atom. The van der Waals surface area contributed by atoms with Gasteiger partial charge < -0.3 is 0 Å². The Morgan fingerprint density at radius 2 is 2.33 bits per heavy atom. The van der Waals surface area contributed by atoms with Crippen LogP contribution in [-0.4, -0.2) is 26.6 Å². The molecule has 94 valence electrons. The van der Waals surface area contributed by atoms with Crippen LogP contribution in [0.3, 0.4) is 0 Å². The number of hydrogen-bond acceptors (Lipinski definition) is 5. The average molecular weight is 260 g/mol. The van der Waals surface area contributed by atoms with Crippen molar-refractivity contribution in [3.8, 4) is 0 Å². The SMILES string of the molecule is Cc1nnc(CN2CCC[C@@H]2c2ccccn2)s1. The lowest BCUT2D eigenvalue weighted by molar-refractivity contribution is 0.243. The highest BCUT2D eigenvalue weighted by atomic mass is 32.1. The van der Waals surface area contributed by atoms with Gasteiger partial charge in [-0.25, -0.2) is 0 Å². The first-order valence-corrected chi connectivity index (χ1v) is 7.08. The van der Waals surface area contributed by atoms with Gasteiger partial charge in [-0.3, -0.25) is 9.88 Å². The lowest BCUT2D eigenvalue weighted by atomic mass is 10.1. The quantitative estimate of drug-likeness (QED) is 0.850. The maximum absolute atomic E-state index is 4.48. The third-order valence-corrected chi connectivity index (χ3v) is 4.12. The van der Waals surface area contributed by atoms with Crippen LogP contribution in [0, 0.1) is 6.92 Å². The van der Waals surface area contributed by atoms with Gasteiger partial charge in [-0.2, -0.15) is 0 Å². The van der Waals surface area contributed by atoms with Gasteiger partial charge in [0.2, 0.25) is 0 Å². The Balaban J connectivity index is 1.75. The molecule has 0 bridgehead atoms. The molecular formula is C13H16N4S. The molecule has 0 amide bonds. The number of likely N-dealkylation sites (tertiary alicyclic amines) is 1. The van der Waals surface area contributed by atoms with Crippen LogP contribution in [0.4, 0.5) is 0 Å².